The van der Waals surface area contributed by atoms with Gasteiger partial charge in [-0.1, -0.05) is 0 Å². The Hall–Kier alpha value is -1.99. The molecule has 2 aromatic rings. The minimum Gasteiger partial charge on any atom is -0.398 e. The molecule has 0 N–H and O–H groups in total. The zero-order chi connectivity index (χ0) is 19.2. The summed E-state index contributed by atoms with van der Waals surface area (Å²) in [6.07, 6.45) is 9.28. The molecule has 1 aliphatic carbocycles. The molecule has 4 rings (SSSR count). The maximum atomic E-state index is 15.0. The van der Waals surface area contributed by atoms with E-state index in [0.29, 0.717) is 11.5 Å². The fourth-order valence-corrected chi connectivity index (χ4v) is 3.11. The molecule has 5 nitrogen and oxygen atoms in total. The summed E-state index contributed by atoms with van der Waals surface area (Å²) in [6, 6.07) is 3.77. The Morgan fingerprint density at radius 2 is 1.85 bits per heavy atom. The molecule has 3 heterocycles. The topological polar surface area (TPSA) is 49.2 Å². The first-order chi connectivity index (χ1) is 12.7. The largest absolute Gasteiger partial charge is 0.525 e. The third-order valence-corrected chi connectivity index (χ3v) is 5.66. The molecular formula is C20H25BFN3O2. The number of hydrogen-bond donors (Lipinski definition) is 0. The van der Waals surface area contributed by atoms with Gasteiger partial charge in [-0.15, -0.1) is 0 Å². The number of pyridine rings is 1. The van der Waals surface area contributed by atoms with Crippen LogP contribution in [0, 0.1) is 5.92 Å². The van der Waals surface area contributed by atoms with Crippen LogP contribution in [-0.4, -0.2) is 33.1 Å². The summed E-state index contributed by atoms with van der Waals surface area (Å²) in [5, 5.41) is 4.69. The van der Waals surface area contributed by atoms with Gasteiger partial charge in [-0.2, -0.15) is 5.10 Å². The van der Waals surface area contributed by atoms with Crippen LogP contribution in [0.2, 0.25) is 0 Å². The third kappa shape index (κ3) is 3.71. The van der Waals surface area contributed by atoms with E-state index in [1.54, 1.807) is 12.4 Å². The van der Waals surface area contributed by atoms with Crippen molar-refractivity contribution >= 4 is 13.2 Å². The van der Waals surface area contributed by atoms with E-state index in [4.69, 9.17) is 14.4 Å². The Balaban J connectivity index is 1.66. The molecule has 2 aromatic heterocycles. The van der Waals surface area contributed by atoms with Crippen LogP contribution in [0.1, 0.15) is 46.1 Å². The van der Waals surface area contributed by atoms with E-state index in [1.807, 2.05) is 50.7 Å². The van der Waals surface area contributed by atoms with Crippen LogP contribution in [0.15, 0.2) is 36.4 Å². The number of hydrogen-bond acceptors (Lipinski definition) is 4. The van der Waals surface area contributed by atoms with Crippen molar-refractivity contribution in [2.24, 2.45) is 5.92 Å². The Morgan fingerprint density at radius 3 is 2.44 bits per heavy atom. The Bertz CT molecular complexity index is 843. The van der Waals surface area contributed by atoms with E-state index < -0.39 is 24.0 Å². The van der Waals surface area contributed by atoms with Crippen LogP contribution in [0.25, 0.3) is 17.3 Å². The molecule has 27 heavy (non-hydrogen) atoms. The van der Waals surface area contributed by atoms with E-state index in [9.17, 15) is 0 Å². The standard InChI is InChI=1S/C20H25BFN3O2/c1-19(2)20(3,4)27-21(26-19)17(22)11-16-13-25(12-14-5-6-14)24-18(16)15-7-9-23-10-8-15/h7-11,13-14H,5-6,12H2,1-4H3. The van der Waals surface area contributed by atoms with Crippen molar-refractivity contribution in [2.45, 2.75) is 58.3 Å². The van der Waals surface area contributed by atoms with Crippen molar-refractivity contribution < 1.29 is 13.7 Å². The van der Waals surface area contributed by atoms with Gasteiger partial charge in [-0.3, -0.25) is 9.67 Å². The Kier molecular flexibility index (Phi) is 4.47. The molecule has 1 saturated heterocycles. The molecule has 0 spiro atoms. The van der Waals surface area contributed by atoms with E-state index >= 15 is 4.39 Å². The molecule has 1 aliphatic heterocycles. The normalized spacial score (nSPS) is 21.7. The zero-order valence-corrected chi connectivity index (χ0v) is 16.3. The van der Waals surface area contributed by atoms with Crippen molar-refractivity contribution in [3.63, 3.8) is 0 Å². The van der Waals surface area contributed by atoms with Crippen molar-refractivity contribution in [1.29, 1.82) is 0 Å². The van der Waals surface area contributed by atoms with Gasteiger partial charge in [0.15, 0.2) is 0 Å². The first kappa shape index (κ1) is 18.4. The van der Waals surface area contributed by atoms with Crippen LogP contribution < -0.4 is 0 Å². The molecule has 2 fully saturated rings. The molecule has 0 bridgehead atoms. The van der Waals surface area contributed by atoms with Crippen molar-refractivity contribution in [2.75, 3.05) is 0 Å². The highest BCUT2D eigenvalue weighted by molar-refractivity contribution is 6.54. The lowest BCUT2D eigenvalue weighted by Gasteiger charge is -2.32. The van der Waals surface area contributed by atoms with Crippen LogP contribution >= 0.6 is 0 Å². The lowest BCUT2D eigenvalue weighted by molar-refractivity contribution is 0.00578. The fraction of sp³-hybridized carbons (Fsp3) is 0.500. The fourth-order valence-electron chi connectivity index (χ4n) is 3.11. The summed E-state index contributed by atoms with van der Waals surface area (Å²) in [4.78, 5) is 4.06. The van der Waals surface area contributed by atoms with E-state index in [0.717, 1.165) is 17.8 Å². The van der Waals surface area contributed by atoms with Gasteiger partial charge in [-0.25, -0.2) is 4.39 Å². The monoisotopic (exact) mass is 369 g/mol. The summed E-state index contributed by atoms with van der Waals surface area (Å²) in [5.74, 6) is 0.681. The van der Waals surface area contributed by atoms with Crippen molar-refractivity contribution in [3.05, 3.63) is 42.0 Å². The van der Waals surface area contributed by atoms with E-state index in [2.05, 4.69) is 4.98 Å². The minimum absolute atomic E-state index is 0.449. The minimum atomic E-state index is -1.01. The lowest BCUT2D eigenvalue weighted by atomic mass is 9.86. The number of halogens is 1. The Labute approximate surface area is 159 Å². The molecular weight excluding hydrogens is 344 g/mol. The molecule has 0 aromatic carbocycles. The first-order valence-electron chi connectivity index (χ1n) is 9.46. The highest BCUT2D eigenvalue weighted by atomic mass is 19.1. The number of nitrogens with zero attached hydrogens (tertiary/aromatic N) is 3. The highest BCUT2D eigenvalue weighted by Gasteiger charge is 2.53. The lowest BCUT2D eigenvalue weighted by Crippen LogP contribution is -2.41. The molecule has 0 amide bonds. The van der Waals surface area contributed by atoms with Crippen molar-refractivity contribution in [3.8, 4) is 11.3 Å². The maximum Gasteiger partial charge on any atom is 0.525 e. The summed E-state index contributed by atoms with van der Waals surface area (Å²) >= 11 is 0. The number of rotatable bonds is 5. The second kappa shape index (κ2) is 6.57. The number of aromatic nitrogens is 3. The van der Waals surface area contributed by atoms with Gasteiger partial charge in [0.2, 0.25) is 0 Å². The van der Waals surface area contributed by atoms with Crippen LogP contribution in [0.3, 0.4) is 0 Å². The molecule has 0 atom stereocenters. The molecule has 0 unspecified atom stereocenters. The predicted molar refractivity (Wildman–Crippen MR) is 103 cm³/mol. The van der Waals surface area contributed by atoms with Gasteiger partial charge in [-0.05, 0) is 64.7 Å². The summed E-state index contributed by atoms with van der Waals surface area (Å²) < 4.78 is 28.6. The van der Waals surface area contributed by atoms with Gasteiger partial charge in [0.05, 0.1) is 16.9 Å². The van der Waals surface area contributed by atoms with Crippen LogP contribution in [0.5, 0.6) is 0 Å². The average molecular weight is 369 g/mol. The molecule has 1 saturated carbocycles. The van der Waals surface area contributed by atoms with E-state index in [-0.39, 0.29) is 0 Å². The Morgan fingerprint density at radius 1 is 1.22 bits per heavy atom. The van der Waals surface area contributed by atoms with Gasteiger partial charge in [0.1, 0.15) is 5.73 Å². The summed E-state index contributed by atoms with van der Waals surface area (Å²) in [7, 11) is -1.01. The van der Waals surface area contributed by atoms with Crippen molar-refractivity contribution in [1.82, 2.24) is 14.8 Å². The molecule has 7 heteroatoms. The van der Waals surface area contributed by atoms with Crippen LogP contribution in [-0.2, 0) is 15.9 Å². The van der Waals surface area contributed by atoms with Gasteiger partial charge < -0.3 is 9.31 Å². The van der Waals surface area contributed by atoms with E-state index in [1.165, 1.54) is 18.9 Å². The first-order valence-corrected chi connectivity index (χ1v) is 9.46. The molecule has 142 valence electrons. The van der Waals surface area contributed by atoms with Gasteiger partial charge >= 0.3 is 7.12 Å². The highest BCUT2D eigenvalue weighted by Crippen LogP contribution is 2.39. The van der Waals surface area contributed by atoms with Crippen LogP contribution in [0.4, 0.5) is 4.39 Å². The van der Waals surface area contributed by atoms with Gasteiger partial charge in [0.25, 0.3) is 0 Å². The average Bonchev–Trinajstić information content (AvgIpc) is 3.28. The molecule has 0 radical (unpaired) electrons. The SMILES string of the molecule is CC1(C)OB(C(F)=Cc2cn(CC3CC3)nc2-c2ccncc2)OC1(C)C. The molecule has 2 aliphatic rings. The smallest absolute Gasteiger partial charge is 0.398 e. The maximum absolute atomic E-state index is 15.0. The summed E-state index contributed by atoms with van der Waals surface area (Å²) in [5.41, 5.74) is 0.765. The second-order valence-corrected chi connectivity index (χ2v) is 8.45. The van der Waals surface area contributed by atoms with Gasteiger partial charge in [0, 0.05) is 36.3 Å². The third-order valence-electron chi connectivity index (χ3n) is 5.66. The summed E-state index contributed by atoms with van der Waals surface area (Å²) in [6.45, 7) is 8.52. The second-order valence-electron chi connectivity index (χ2n) is 8.45. The zero-order valence-electron chi connectivity index (χ0n) is 16.3. The predicted octanol–water partition coefficient (Wildman–Crippen LogP) is 4.30. The quantitative estimate of drug-likeness (QED) is 0.738.